The van der Waals surface area contributed by atoms with Gasteiger partial charge in [0, 0.05) is 42.3 Å². The van der Waals surface area contributed by atoms with Crippen molar-refractivity contribution >= 4 is 28.4 Å². The molecule has 11 heteroatoms. The molecular formula is C28H28N2O9. The SMILES string of the molecule is COC1C(Oc2c(O)c3c(c4cccnc24)C(=O)c2ccccc2C3=O)OC(C)[C@@H]([N+](C)(C)[O-])C1OC(C)=O. The molecule has 0 saturated carbocycles. The Bertz CT molecular complexity index is 1500. The maximum Gasteiger partial charge on any atom is 0.303 e. The van der Waals surface area contributed by atoms with Gasteiger partial charge in [0.2, 0.25) is 6.29 Å². The number of ketones is 2. The lowest BCUT2D eigenvalue weighted by Crippen LogP contribution is -2.68. The van der Waals surface area contributed by atoms with Crippen molar-refractivity contribution in [3.63, 3.8) is 0 Å². The number of methoxy groups -OCH3 is 1. The number of nitrogens with zero attached hydrogens (tertiary/aromatic N) is 2. The number of aromatic hydroxyl groups is 1. The number of rotatable bonds is 5. The number of quaternary nitrogens is 1. The summed E-state index contributed by atoms with van der Waals surface area (Å²) in [5, 5.41) is 24.7. The van der Waals surface area contributed by atoms with Crippen LogP contribution in [0.4, 0.5) is 0 Å². The van der Waals surface area contributed by atoms with E-state index in [1.807, 2.05) is 0 Å². The van der Waals surface area contributed by atoms with Crippen LogP contribution in [-0.2, 0) is 19.0 Å². The highest BCUT2D eigenvalue weighted by molar-refractivity contribution is 6.33. The first-order chi connectivity index (χ1) is 18.5. The summed E-state index contributed by atoms with van der Waals surface area (Å²) in [6.07, 6.45) is -2.76. The summed E-state index contributed by atoms with van der Waals surface area (Å²) in [6, 6.07) is 8.73. The molecule has 1 aliphatic carbocycles. The van der Waals surface area contributed by atoms with Crippen molar-refractivity contribution in [2.24, 2.45) is 0 Å². The maximum atomic E-state index is 13.5. The van der Waals surface area contributed by atoms with Crippen molar-refractivity contribution in [2.75, 3.05) is 21.2 Å². The van der Waals surface area contributed by atoms with Crippen LogP contribution in [0.25, 0.3) is 10.9 Å². The largest absolute Gasteiger partial charge is 0.633 e. The van der Waals surface area contributed by atoms with Gasteiger partial charge >= 0.3 is 5.97 Å². The summed E-state index contributed by atoms with van der Waals surface area (Å²) in [5.74, 6) is -2.38. The van der Waals surface area contributed by atoms with Crippen LogP contribution in [0.3, 0.4) is 0 Å². The Morgan fingerprint density at radius 3 is 2.28 bits per heavy atom. The van der Waals surface area contributed by atoms with Crippen LogP contribution in [0.5, 0.6) is 11.5 Å². The number of carbonyl (C=O) groups excluding carboxylic acids is 3. The first-order valence-electron chi connectivity index (χ1n) is 12.3. The quantitative estimate of drug-likeness (QED) is 0.230. The molecule has 5 rings (SSSR count). The van der Waals surface area contributed by atoms with Gasteiger partial charge in [0.1, 0.15) is 11.6 Å². The molecule has 1 aliphatic heterocycles. The fourth-order valence-corrected chi connectivity index (χ4v) is 5.61. The van der Waals surface area contributed by atoms with Gasteiger partial charge in [-0.1, -0.05) is 30.3 Å². The normalized spacial score (nSPS) is 24.7. The summed E-state index contributed by atoms with van der Waals surface area (Å²) >= 11 is 0. The van der Waals surface area contributed by atoms with Crippen molar-refractivity contribution in [1.82, 2.24) is 4.98 Å². The van der Waals surface area contributed by atoms with E-state index in [2.05, 4.69) is 4.98 Å². The summed E-state index contributed by atoms with van der Waals surface area (Å²) in [4.78, 5) is 43.3. The number of pyridine rings is 1. The third-order valence-electron chi connectivity index (χ3n) is 7.15. The van der Waals surface area contributed by atoms with Gasteiger partial charge in [-0.3, -0.25) is 19.4 Å². The number of benzene rings is 2. The fraction of sp³-hybridized carbons (Fsp3) is 0.357. The number of likely N-dealkylation sites (N-methyl/N-ethyl adjacent to an activating group) is 1. The Morgan fingerprint density at radius 2 is 1.69 bits per heavy atom. The summed E-state index contributed by atoms with van der Waals surface area (Å²) in [5.41, 5.74) is 0.317. The van der Waals surface area contributed by atoms with Gasteiger partial charge < -0.3 is 33.9 Å². The molecule has 0 bridgehead atoms. The van der Waals surface area contributed by atoms with Crippen molar-refractivity contribution in [3.8, 4) is 11.5 Å². The van der Waals surface area contributed by atoms with Gasteiger partial charge in [0.05, 0.1) is 19.7 Å². The number of hydrogen-bond donors (Lipinski definition) is 1. The first-order valence-corrected chi connectivity index (χ1v) is 12.3. The molecule has 0 radical (unpaired) electrons. The second-order valence-electron chi connectivity index (χ2n) is 10.1. The van der Waals surface area contributed by atoms with E-state index in [-0.39, 0.29) is 33.5 Å². The maximum absolute atomic E-state index is 13.5. The number of carbonyl (C=O) groups is 3. The number of hydrogen-bond acceptors (Lipinski definition) is 10. The van der Waals surface area contributed by atoms with Gasteiger partial charge in [-0.05, 0) is 13.0 Å². The molecule has 39 heavy (non-hydrogen) atoms. The molecule has 1 N–H and O–H groups in total. The van der Waals surface area contributed by atoms with Crippen molar-refractivity contribution in [3.05, 3.63) is 70.1 Å². The van der Waals surface area contributed by atoms with E-state index in [0.717, 1.165) is 0 Å². The molecule has 5 atom stereocenters. The minimum atomic E-state index is -1.28. The second kappa shape index (κ2) is 9.69. The predicted octanol–water partition coefficient (Wildman–Crippen LogP) is 2.73. The molecule has 1 aromatic heterocycles. The van der Waals surface area contributed by atoms with Crippen LogP contribution in [0.1, 0.15) is 45.7 Å². The van der Waals surface area contributed by atoms with Crippen LogP contribution in [0, 0.1) is 5.21 Å². The van der Waals surface area contributed by atoms with E-state index >= 15 is 0 Å². The number of aromatic nitrogens is 1. The Morgan fingerprint density at radius 1 is 1.05 bits per heavy atom. The van der Waals surface area contributed by atoms with Gasteiger partial charge in [0.15, 0.2) is 41.3 Å². The molecular weight excluding hydrogens is 508 g/mol. The van der Waals surface area contributed by atoms with Crippen LogP contribution in [0.15, 0.2) is 42.6 Å². The number of phenolic OH excluding ortho intramolecular Hbond substituents is 1. The van der Waals surface area contributed by atoms with E-state index in [1.54, 1.807) is 37.3 Å². The Hall–Kier alpha value is -3.90. The summed E-state index contributed by atoms with van der Waals surface area (Å²) in [6.45, 7) is 2.86. The molecule has 2 aromatic carbocycles. The predicted molar refractivity (Wildman–Crippen MR) is 137 cm³/mol. The Kier molecular flexibility index (Phi) is 6.63. The minimum absolute atomic E-state index is 0.0242. The van der Waals surface area contributed by atoms with Crippen LogP contribution >= 0.6 is 0 Å². The monoisotopic (exact) mass is 536 g/mol. The molecule has 2 heterocycles. The highest BCUT2D eigenvalue weighted by Gasteiger charge is 2.53. The molecule has 204 valence electrons. The molecule has 2 aliphatic rings. The van der Waals surface area contributed by atoms with Crippen LogP contribution < -0.4 is 4.74 Å². The lowest BCUT2D eigenvalue weighted by Gasteiger charge is -2.52. The van der Waals surface area contributed by atoms with Gasteiger partial charge in [-0.2, -0.15) is 0 Å². The van der Waals surface area contributed by atoms with Crippen molar-refractivity contribution in [1.29, 1.82) is 0 Å². The number of phenols is 1. The van der Waals surface area contributed by atoms with Gasteiger partial charge in [-0.15, -0.1) is 0 Å². The standard InChI is InChI=1S/C28H28N2O9/c1-13-21(30(3,4)35)26(38-14(2)31)27(36-5)28(37-13)39-25-20-17(11-8-12-29-20)18-19(24(25)34)23(33)16-10-7-6-9-15(16)22(18)32/h6-13,21,26-28,34H,1-5H3/t13?,21-,26?,27?,28?/m1/s1. The van der Waals surface area contributed by atoms with E-state index in [1.165, 1.54) is 40.4 Å². The first kappa shape index (κ1) is 26.7. The number of hydroxylamine groups is 3. The van der Waals surface area contributed by atoms with E-state index in [4.69, 9.17) is 18.9 Å². The average molecular weight is 537 g/mol. The smallest absolute Gasteiger partial charge is 0.303 e. The molecule has 11 nitrogen and oxygen atoms in total. The molecule has 1 fully saturated rings. The van der Waals surface area contributed by atoms with Crippen molar-refractivity contribution < 1.29 is 43.1 Å². The zero-order valence-corrected chi connectivity index (χ0v) is 22.0. The molecule has 0 amide bonds. The number of esters is 1. The van der Waals surface area contributed by atoms with Crippen molar-refractivity contribution in [2.45, 2.75) is 44.5 Å². The summed E-state index contributed by atoms with van der Waals surface area (Å²) < 4.78 is 22.5. The zero-order chi connectivity index (χ0) is 28.2. The second-order valence-corrected chi connectivity index (χ2v) is 10.1. The zero-order valence-electron chi connectivity index (χ0n) is 22.0. The van der Waals surface area contributed by atoms with E-state index < -0.39 is 58.6 Å². The van der Waals surface area contributed by atoms with Gasteiger partial charge in [-0.25, -0.2) is 0 Å². The highest BCUT2D eigenvalue weighted by atomic mass is 16.7. The molecule has 3 aromatic rings. The molecule has 1 saturated heterocycles. The topological polar surface area (TPSA) is 144 Å². The highest BCUT2D eigenvalue weighted by Crippen LogP contribution is 2.46. The Balaban J connectivity index is 1.65. The van der Waals surface area contributed by atoms with E-state index in [0.29, 0.717) is 5.39 Å². The average Bonchev–Trinajstić information content (AvgIpc) is 2.87. The Labute approximate surface area is 224 Å². The minimum Gasteiger partial charge on any atom is -0.633 e. The fourth-order valence-electron chi connectivity index (χ4n) is 5.61. The number of ether oxygens (including phenoxy) is 4. The lowest BCUT2D eigenvalue weighted by molar-refractivity contribution is -0.877. The molecule has 4 unspecified atom stereocenters. The van der Waals surface area contributed by atoms with Crippen LogP contribution in [0.2, 0.25) is 0 Å². The summed E-state index contributed by atoms with van der Waals surface area (Å²) in [7, 11) is 4.16. The van der Waals surface area contributed by atoms with Gasteiger partial charge in [0.25, 0.3) is 0 Å². The third kappa shape index (κ3) is 4.33. The third-order valence-corrected chi connectivity index (χ3v) is 7.15. The lowest BCUT2D eigenvalue weighted by atomic mass is 9.81. The molecule has 0 spiro atoms. The number of fused-ring (bicyclic) bond motifs is 4. The van der Waals surface area contributed by atoms with E-state index in [9.17, 15) is 24.7 Å². The van der Waals surface area contributed by atoms with Crippen LogP contribution in [-0.4, -0.2) is 84.1 Å².